The molecule has 0 saturated carbocycles. The van der Waals surface area contributed by atoms with Gasteiger partial charge in [0.25, 0.3) is 0 Å². The summed E-state index contributed by atoms with van der Waals surface area (Å²) in [6.45, 7) is 3.97. The summed E-state index contributed by atoms with van der Waals surface area (Å²) in [5, 5.41) is 22.2. The monoisotopic (exact) mass is 300 g/mol. The zero-order chi connectivity index (χ0) is 15.4. The molecular formula is C15H22F2N2O2. The highest BCUT2D eigenvalue weighted by atomic mass is 19.2. The fourth-order valence-corrected chi connectivity index (χ4v) is 2.74. The molecular weight excluding hydrogens is 278 g/mol. The normalized spacial score (nSPS) is 24.4. The molecule has 3 atom stereocenters. The van der Waals surface area contributed by atoms with Gasteiger partial charge in [-0.25, -0.2) is 8.78 Å². The van der Waals surface area contributed by atoms with E-state index in [4.69, 9.17) is 0 Å². The largest absolute Gasteiger partial charge is 0.389 e. The zero-order valence-electron chi connectivity index (χ0n) is 12.1. The number of benzene rings is 1. The lowest BCUT2D eigenvalue weighted by atomic mass is 10.0. The molecule has 1 aliphatic rings. The molecule has 0 bridgehead atoms. The van der Waals surface area contributed by atoms with E-state index in [-0.39, 0.29) is 6.04 Å². The molecule has 1 aromatic carbocycles. The Balaban J connectivity index is 2.01. The fourth-order valence-electron chi connectivity index (χ4n) is 2.74. The summed E-state index contributed by atoms with van der Waals surface area (Å²) in [7, 11) is 0. The van der Waals surface area contributed by atoms with Gasteiger partial charge < -0.3 is 15.5 Å². The highest BCUT2D eigenvalue weighted by Crippen LogP contribution is 2.23. The van der Waals surface area contributed by atoms with Gasteiger partial charge >= 0.3 is 0 Å². The van der Waals surface area contributed by atoms with Gasteiger partial charge in [-0.3, -0.25) is 4.90 Å². The standard InChI is InChI=1S/C15H22F2N2O2/c1-2-18-12(10-4-3-5-11(16)15(10)17)6-7-19-8-13(20)14(21)9-19/h3-5,12-14,18,20-21H,2,6-9H2,1H3. The lowest BCUT2D eigenvalue weighted by Crippen LogP contribution is -2.29. The van der Waals surface area contributed by atoms with Gasteiger partial charge in [-0.05, 0) is 19.0 Å². The number of β-amino-alcohol motifs (C(OH)–C–C–N with tert-alkyl or cyclic N) is 2. The summed E-state index contributed by atoms with van der Waals surface area (Å²) in [5.74, 6) is -1.66. The van der Waals surface area contributed by atoms with Crippen molar-refractivity contribution >= 4 is 0 Å². The Bertz CT molecular complexity index is 463. The number of likely N-dealkylation sites (tertiary alicyclic amines) is 1. The van der Waals surface area contributed by atoms with Crippen molar-refractivity contribution in [1.29, 1.82) is 0 Å². The minimum absolute atomic E-state index is 0.291. The van der Waals surface area contributed by atoms with Gasteiger partial charge in [-0.15, -0.1) is 0 Å². The minimum Gasteiger partial charge on any atom is -0.389 e. The first-order chi connectivity index (χ1) is 10.0. The van der Waals surface area contributed by atoms with E-state index < -0.39 is 23.8 Å². The van der Waals surface area contributed by atoms with Crippen LogP contribution in [0.2, 0.25) is 0 Å². The van der Waals surface area contributed by atoms with Crippen LogP contribution in [-0.2, 0) is 0 Å². The molecule has 3 unspecified atom stereocenters. The molecule has 4 nitrogen and oxygen atoms in total. The average molecular weight is 300 g/mol. The van der Waals surface area contributed by atoms with Crippen molar-refractivity contribution < 1.29 is 19.0 Å². The van der Waals surface area contributed by atoms with Crippen molar-refractivity contribution in [2.24, 2.45) is 0 Å². The van der Waals surface area contributed by atoms with Crippen LogP contribution >= 0.6 is 0 Å². The lowest BCUT2D eigenvalue weighted by Gasteiger charge is -2.22. The summed E-state index contributed by atoms with van der Waals surface area (Å²) in [6.07, 6.45) is -0.879. The average Bonchev–Trinajstić information content (AvgIpc) is 2.77. The summed E-state index contributed by atoms with van der Waals surface area (Å²) in [5.41, 5.74) is 0.317. The molecule has 1 heterocycles. The Morgan fingerprint density at radius 3 is 2.57 bits per heavy atom. The number of hydrogen-bond acceptors (Lipinski definition) is 4. The highest BCUT2D eigenvalue weighted by Gasteiger charge is 2.29. The molecule has 2 rings (SSSR count). The van der Waals surface area contributed by atoms with E-state index in [2.05, 4.69) is 5.32 Å². The molecule has 6 heteroatoms. The molecule has 0 spiro atoms. The first-order valence-corrected chi connectivity index (χ1v) is 7.28. The predicted molar refractivity (Wildman–Crippen MR) is 75.8 cm³/mol. The van der Waals surface area contributed by atoms with Crippen LogP contribution in [0.5, 0.6) is 0 Å². The van der Waals surface area contributed by atoms with Crippen LogP contribution in [0.25, 0.3) is 0 Å². The first-order valence-electron chi connectivity index (χ1n) is 7.28. The van der Waals surface area contributed by atoms with E-state index in [1.54, 1.807) is 6.07 Å². The molecule has 21 heavy (non-hydrogen) atoms. The third kappa shape index (κ3) is 3.97. The van der Waals surface area contributed by atoms with E-state index in [1.165, 1.54) is 6.07 Å². The topological polar surface area (TPSA) is 55.7 Å². The number of nitrogens with zero attached hydrogens (tertiary/aromatic N) is 1. The van der Waals surface area contributed by atoms with E-state index in [9.17, 15) is 19.0 Å². The van der Waals surface area contributed by atoms with Crippen molar-refractivity contribution in [3.63, 3.8) is 0 Å². The SMILES string of the molecule is CCNC(CCN1CC(O)C(O)C1)c1cccc(F)c1F. The van der Waals surface area contributed by atoms with Gasteiger partial charge in [0, 0.05) is 31.2 Å². The molecule has 1 fully saturated rings. The number of rotatable bonds is 6. The quantitative estimate of drug-likeness (QED) is 0.735. The van der Waals surface area contributed by atoms with Gasteiger partial charge in [0.2, 0.25) is 0 Å². The van der Waals surface area contributed by atoms with Crippen LogP contribution in [0, 0.1) is 11.6 Å². The van der Waals surface area contributed by atoms with E-state index in [1.807, 2.05) is 11.8 Å². The summed E-state index contributed by atoms with van der Waals surface area (Å²) >= 11 is 0. The first kappa shape index (κ1) is 16.3. The smallest absolute Gasteiger partial charge is 0.163 e. The fraction of sp³-hybridized carbons (Fsp3) is 0.600. The van der Waals surface area contributed by atoms with Crippen LogP contribution in [0.4, 0.5) is 8.78 Å². The maximum atomic E-state index is 13.9. The van der Waals surface area contributed by atoms with E-state index >= 15 is 0 Å². The molecule has 1 aromatic rings. The van der Waals surface area contributed by atoms with E-state index in [0.29, 0.717) is 38.2 Å². The van der Waals surface area contributed by atoms with Gasteiger partial charge in [0.05, 0.1) is 12.2 Å². The third-order valence-corrected chi connectivity index (χ3v) is 3.88. The zero-order valence-corrected chi connectivity index (χ0v) is 12.1. The number of aliphatic hydroxyl groups is 2. The molecule has 1 saturated heterocycles. The second kappa shape index (κ2) is 7.26. The number of aliphatic hydroxyl groups excluding tert-OH is 2. The highest BCUT2D eigenvalue weighted by molar-refractivity contribution is 5.22. The number of halogens is 2. The Morgan fingerprint density at radius 1 is 1.29 bits per heavy atom. The Morgan fingerprint density at radius 2 is 1.95 bits per heavy atom. The summed E-state index contributed by atoms with van der Waals surface area (Å²) in [6, 6.07) is 3.90. The second-order valence-electron chi connectivity index (χ2n) is 5.44. The summed E-state index contributed by atoms with van der Waals surface area (Å²) < 4.78 is 27.2. The van der Waals surface area contributed by atoms with Gasteiger partial charge in [0.1, 0.15) is 0 Å². The van der Waals surface area contributed by atoms with Gasteiger partial charge in [0.15, 0.2) is 11.6 Å². The Labute approximate surface area is 123 Å². The van der Waals surface area contributed by atoms with Crippen molar-refractivity contribution in [2.45, 2.75) is 31.6 Å². The van der Waals surface area contributed by atoms with Crippen LogP contribution < -0.4 is 5.32 Å². The van der Waals surface area contributed by atoms with Crippen LogP contribution in [0.15, 0.2) is 18.2 Å². The van der Waals surface area contributed by atoms with Gasteiger partial charge in [-0.2, -0.15) is 0 Å². The minimum atomic E-state index is -0.845. The summed E-state index contributed by atoms with van der Waals surface area (Å²) in [4.78, 5) is 1.93. The molecule has 0 radical (unpaired) electrons. The molecule has 3 N–H and O–H groups in total. The molecule has 0 aliphatic carbocycles. The second-order valence-corrected chi connectivity index (χ2v) is 5.44. The van der Waals surface area contributed by atoms with Crippen molar-refractivity contribution in [2.75, 3.05) is 26.2 Å². The van der Waals surface area contributed by atoms with Crippen LogP contribution in [0.3, 0.4) is 0 Å². The van der Waals surface area contributed by atoms with Crippen molar-refractivity contribution in [3.05, 3.63) is 35.4 Å². The maximum Gasteiger partial charge on any atom is 0.163 e. The number of hydrogen-bond donors (Lipinski definition) is 3. The van der Waals surface area contributed by atoms with Crippen LogP contribution in [0.1, 0.15) is 24.9 Å². The van der Waals surface area contributed by atoms with Crippen LogP contribution in [-0.4, -0.2) is 53.5 Å². The number of nitrogens with one attached hydrogen (secondary N) is 1. The van der Waals surface area contributed by atoms with Gasteiger partial charge in [-0.1, -0.05) is 19.1 Å². The van der Waals surface area contributed by atoms with E-state index in [0.717, 1.165) is 6.07 Å². The molecule has 118 valence electrons. The van der Waals surface area contributed by atoms with Crippen molar-refractivity contribution in [1.82, 2.24) is 10.2 Å². The molecule has 0 aromatic heterocycles. The molecule has 0 amide bonds. The third-order valence-electron chi connectivity index (χ3n) is 3.88. The Hall–Kier alpha value is -1.08. The maximum absolute atomic E-state index is 13.9. The molecule has 1 aliphatic heterocycles. The Kier molecular flexibility index (Phi) is 5.64. The van der Waals surface area contributed by atoms with Crippen molar-refractivity contribution in [3.8, 4) is 0 Å². The lowest BCUT2D eigenvalue weighted by molar-refractivity contribution is 0.0572. The predicted octanol–water partition coefficient (Wildman–Crippen LogP) is 1.04.